The third kappa shape index (κ3) is 2.95. The van der Waals surface area contributed by atoms with Crippen molar-refractivity contribution in [2.24, 2.45) is 7.05 Å². The summed E-state index contributed by atoms with van der Waals surface area (Å²) in [5.41, 5.74) is 2.49. The number of nitrogens with zero attached hydrogens (tertiary/aromatic N) is 3. The molecule has 0 radical (unpaired) electrons. The lowest BCUT2D eigenvalue weighted by molar-refractivity contribution is 0.760. The van der Waals surface area contributed by atoms with Crippen LogP contribution in [-0.4, -0.2) is 16.6 Å². The van der Waals surface area contributed by atoms with Gasteiger partial charge in [-0.05, 0) is 17.7 Å². The Hall–Kier alpha value is -0.810. The average molecular weight is 373 g/mol. The number of rotatable bonds is 4. The van der Waals surface area contributed by atoms with E-state index in [9.17, 15) is 0 Å². The minimum Gasteiger partial charge on any atom is -0.367 e. The minimum absolute atomic E-state index is 0.792. The summed E-state index contributed by atoms with van der Waals surface area (Å²) in [5, 5.41) is 0.848. The van der Waals surface area contributed by atoms with Crippen LogP contribution in [0.25, 0.3) is 0 Å². The first-order valence-electron chi connectivity index (χ1n) is 5.63. The topological polar surface area (TPSA) is 21.1 Å². The standard InChI is InChI=1S/C13H15Br2N3/c1-17-6-5-16-13(17)9-18(2)12-7-11(15)4-3-10(12)8-14/h3-7H,8-9H2,1-2H3. The fourth-order valence-corrected chi connectivity index (χ4v) is 2.67. The third-order valence-corrected chi connectivity index (χ3v) is 4.00. The Balaban J connectivity index is 2.25. The van der Waals surface area contributed by atoms with Gasteiger partial charge in [0.15, 0.2) is 0 Å². The number of benzene rings is 1. The quantitative estimate of drug-likeness (QED) is 0.762. The maximum absolute atomic E-state index is 4.36. The van der Waals surface area contributed by atoms with Crippen LogP contribution in [0.3, 0.4) is 0 Å². The molecule has 0 spiro atoms. The van der Waals surface area contributed by atoms with E-state index in [1.54, 1.807) is 0 Å². The van der Waals surface area contributed by atoms with Crippen LogP contribution >= 0.6 is 31.9 Å². The number of hydrogen-bond acceptors (Lipinski definition) is 2. The van der Waals surface area contributed by atoms with Crippen molar-refractivity contribution in [2.45, 2.75) is 11.9 Å². The molecule has 1 aromatic heterocycles. The molecule has 5 heteroatoms. The normalized spacial score (nSPS) is 10.7. The van der Waals surface area contributed by atoms with Crippen molar-refractivity contribution in [3.05, 3.63) is 46.5 Å². The summed E-state index contributed by atoms with van der Waals surface area (Å²) in [4.78, 5) is 6.57. The highest BCUT2D eigenvalue weighted by molar-refractivity contribution is 9.10. The van der Waals surface area contributed by atoms with E-state index in [2.05, 4.69) is 67.0 Å². The maximum Gasteiger partial charge on any atom is 0.127 e. The molecule has 0 aliphatic heterocycles. The molecular formula is C13H15Br2N3. The Morgan fingerprint density at radius 1 is 1.39 bits per heavy atom. The summed E-state index contributed by atoms with van der Waals surface area (Å²) in [7, 11) is 4.10. The summed E-state index contributed by atoms with van der Waals surface area (Å²) in [6, 6.07) is 6.33. The van der Waals surface area contributed by atoms with Crippen LogP contribution < -0.4 is 4.90 Å². The Kier molecular flexibility index (Phi) is 4.45. The first-order chi connectivity index (χ1) is 8.61. The van der Waals surface area contributed by atoms with Crippen LogP contribution in [0.5, 0.6) is 0 Å². The molecule has 0 unspecified atom stereocenters. The van der Waals surface area contributed by atoms with E-state index in [1.165, 1.54) is 11.3 Å². The van der Waals surface area contributed by atoms with Crippen LogP contribution in [0.15, 0.2) is 35.1 Å². The van der Waals surface area contributed by atoms with Crippen molar-refractivity contribution in [1.29, 1.82) is 0 Å². The van der Waals surface area contributed by atoms with Gasteiger partial charge in [0.1, 0.15) is 5.82 Å². The molecule has 0 amide bonds. The lowest BCUT2D eigenvalue weighted by Crippen LogP contribution is -2.20. The van der Waals surface area contributed by atoms with Crippen molar-refractivity contribution in [2.75, 3.05) is 11.9 Å². The average Bonchev–Trinajstić information content (AvgIpc) is 2.75. The lowest BCUT2D eigenvalue weighted by Gasteiger charge is -2.22. The monoisotopic (exact) mass is 371 g/mol. The SMILES string of the molecule is CN(Cc1nccn1C)c1cc(Br)ccc1CBr. The summed E-state index contributed by atoms with van der Waals surface area (Å²) < 4.78 is 3.14. The van der Waals surface area contributed by atoms with E-state index < -0.39 is 0 Å². The van der Waals surface area contributed by atoms with E-state index in [0.29, 0.717) is 0 Å². The molecule has 1 aromatic carbocycles. The van der Waals surface area contributed by atoms with Gasteiger partial charge in [-0.2, -0.15) is 0 Å². The molecule has 0 aliphatic carbocycles. The number of halogens is 2. The van der Waals surface area contributed by atoms with Crippen LogP contribution in [-0.2, 0) is 18.9 Å². The third-order valence-electron chi connectivity index (χ3n) is 2.90. The second kappa shape index (κ2) is 5.89. The second-order valence-electron chi connectivity index (χ2n) is 4.22. The molecule has 96 valence electrons. The predicted octanol–water partition coefficient (Wildman–Crippen LogP) is 3.71. The number of anilines is 1. The van der Waals surface area contributed by atoms with Gasteiger partial charge in [0.25, 0.3) is 0 Å². The van der Waals surface area contributed by atoms with Gasteiger partial charge < -0.3 is 9.47 Å². The van der Waals surface area contributed by atoms with Gasteiger partial charge >= 0.3 is 0 Å². The first kappa shape index (κ1) is 13.6. The fraction of sp³-hybridized carbons (Fsp3) is 0.308. The molecule has 0 saturated heterocycles. The van der Waals surface area contributed by atoms with Crippen molar-refractivity contribution in [3.8, 4) is 0 Å². The highest BCUT2D eigenvalue weighted by Crippen LogP contribution is 2.27. The van der Waals surface area contributed by atoms with Gasteiger partial charge in [0.2, 0.25) is 0 Å². The summed E-state index contributed by atoms with van der Waals surface area (Å²) in [6.45, 7) is 0.792. The van der Waals surface area contributed by atoms with Crippen molar-refractivity contribution >= 4 is 37.5 Å². The van der Waals surface area contributed by atoms with E-state index in [4.69, 9.17) is 0 Å². The first-order valence-corrected chi connectivity index (χ1v) is 7.55. The molecule has 0 atom stereocenters. The Labute approximate surface area is 124 Å². The molecule has 1 heterocycles. The van der Waals surface area contributed by atoms with Crippen LogP contribution in [0.1, 0.15) is 11.4 Å². The highest BCUT2D eigenvalue weighted by Gasteiger charge is 2.10. The van der Waals surface area contributed by atoms with Crippen molar-refractivity contribution in [1.82, 2.24) is 9.55 Å². The van der Waals surface area contributed by atoms with Gasteiger partial charge in [-0.25, -0.2) is 4.98 Å². The van der Waals surface area contributed by atoms with Crippen LogP contribution in [0.4, 0.5) is 5.69 Å². The van der Waals surface area contributed by atoms with Gasteiger partial charge in [-0.1, -0.05) is 37.9 Å². The number of aromatic nitrogens is 2. The smallest absolute Gasteiger partial charge is 0.127 e. The zero-order chi connectivity index (χ0) is 13.1. The van der Waals surface area contributed by atoms with Gasteiger partial charge in [0.05, 0.1) is 6.54 Å². The minimum atomic E-state index is 0.792. The lowest BCUT2D eigenvalue weighted by atomic mass is 10.2. The van der Waals surface area contributed by atoms with Crippen molar-refractivity contribution in [3.63, 3.8) is 0 Å². The second-order valence-corrected chi connectivity index (χ2v) is 5.69. The molecule has 18 heavy (non-hydrogen) atoms. The van der Waals surface area contributed by atoms with E-state index >= 15 is 0 Å². The van der Waals surface area contributed by atoms with Crippen LogP contribution in [0, 0.1) is 0 Å². The number of hydrogen-bond donors (Lipinski definition) is 0. The molecule has 2 rings (SSSR count). The Bertz CT molecular complexity index is 537. The van der Waals surface area contributed by atoms with E-state index in [0.717, 1.165) is 22.2 Å². The van der Waals surface area contributed by atoms with E-state index in [-0.39, 0.29) is 0 Å². The van der Waals surface area contributed by atoms with Gasteiger partial charge in [-0.3, -0.25) is 0 Å². The summed E-state index contributed by atoms with van der Waals surface area (Å²) in [6.07, 6.45) is 3.80. The number of imidazole rings is 1. The predicted molar refractivity (Wildman–Crippen MR) is 82.1 cm³/mol. The molecule has 0 aliphatic rings. The molecular weight excluding hydrogens is 358 g/mol. The molecule has 0 N–H and O–H groups in total. The zero-order valence-electron chi connectivity index (χ0n) is 10.4. The number of aryl methyl sites for hydroxylation is 1. The number of alkyl halides is 1. The Morgan fingerprint density at radius 2 is 2.17 bits per heavy atom. The van der Waals surface area contributed by atoms with Gasteiger partial charge in [0, 0.05) is 42.0 Å². The Morgan fingerprint density at radius 3 is 2.78 bits per heavy atom. The zero-order valence-corrected chi connectivity index (χ0v) is 13.6. The molecule has 2 aromatic rings. The highest BCUT2D eigenvalue weighted by atomic mass is 79.9. The molecule has 0 bridgehead atoms. The summed E-state index contributed by atoms with van der Waals surface area (Å²) in [5.74, 6) is 1.05. The molecule has 0 saturated carbocycles. The fourth-order valence-electron chi connectivity index (χ4n) is 1.85. The molecule has 3 nitrogen and oxygen atoms in total. The van der Waals surface area contributed by atoms with E-state index in [1.807, 2.05) is 24.0 Å². The molecule has 0 fully saturated rings. The van der Waals surface area contributed by atoms with Crippen LogP contribution in [0.2, 0.25) is 0 Å². The van der Waals surface area contributed by atoms with Crippen molar-refractivity contribution < 1.29 is 0 Å². The summed E-state index contributed by atoms with van der Waals surface area (Å²) >= 11 is 7.05. The largest absolute Gasteiger partial charge is 0.367 e. The van der Waals surface area contributed by atoms with Gasteiger partial charge in [-0.15, -0.1) is 0 Å². The maximum atomic E-state index is 4.36.